The zero-order valence-corrected chi connectivity index (χ0v) is 11.3. The number of carbonyl (C=O) groups is 2. The lowest BCUT2D eigenvalue weighted by atomic mass is 9.66. The molecule has 0 aromatic carbocycles. The Kier molecular flexibility index (Phi) is 5.83. The van der Waals surface area contributed by atoms with E-state index in [9.17, 15) is 25.1 Å². The average molecular weight is 255 g/mol. The Labute approximate surface area is 107 Å². The summed E-state index contributed by atoms with van der Waals surface area (Å²) in [7, 11) is 0. The van der Waals surface area contributed by atoms with Crippen molar-refractivity contribution in [2.24, 2.45) is 23.2 Å². The lowest BCUT2D eigenvalue weighted by Gasteiger charge is -2.32. The van der Waals surface area contributed by atoms with E-state index in [1.807, 2.05) is 13.8 Å². The minimum absolute atomic E-state index is 0.199. The number of nitrogens with zero attached hydrogens (tertiary/aromatic N) is 1. The van der Waals surface area contributed by atoms with Gasteiger partial charge in [0.05, 0.1) is 12.0 Å². The van der Waals surface area contributed by atoms with E-state index in [-0.39, 0.29) is 12.3 Å². The van der Waals surface area contributed by atoms with Crippen LogP contribution in [0, 0.1) is 34.5 Å². The van der Waals surface area contributed by atoms with Crippen LogP contribution in [0.2, 0.25) is 0 Å². The van der Waals surface area contributed by atoms with Gasteiger partial charge < -0.3 is 10.2 Å². The first-order valence-corrected chi connectivity index (χ1v) is 6.07. The molecule has 0 amide bonds. The van der Waals surface area contributed by atoms with Crippen LogP contribution in [-0.2, 0) is 9.59 Å². The van der Waals surface area contributed by atoms with E-state index >= 15 is 0 Å². The van der Waals surface area contributed by atoms with Crippen molar-refractivity contribution >= 4 is 11.9 Å². The molecule has 5 nitrogen and oxygen atoms in total. The second-order valence-electron chi connectivity index (χ2n) is 5.30. The van der Waals surface area contributed by atoms with Crippen LogP contribution in [-0.4, -0.2) is 22.2 Å². The van der Waals surface area contributed by atoms with Crippen LogP contribution in [0.1, 0.15) is 40.5 Å². The number of hydrogen-bond donors (Lipinski definition) is 2. The summed E-state index contributed by atoms with van der Waals surface area (Å²) >= 11 is 0. The Hall–Kier alpha value is -1.57. The van der Waals surface area contributed by atoms with Gasteiger partial charge in [-0.2, -0.15) is 5.26 Å². The summed E-state index contributed by atoms with van der Waals surface area (Å²) < 4.78 is 0. The fourth-order valence-electron chi connectivity index (χ4n) is 2.10. The molecule has 102 valence electrons. The van der Waals surface area contributed by atoms with Gasteiger partial charge in [-0.25, -0.2) is 0 Å². The summed E-state index contributed by atoms with van der Waals surface area (Å²) in [5, 5.41) is 27.7. The molecule has 5 heteroatoms. The lowest BCUT2D eigenvalue weighted by molar-refractivity contribution is -0.161. The first-order valence-electron chi connectivity index (χ1n) is 6.07. The van der Waals surface area contributed by atoms with Crippen LogP contribution < -0.4 is 0 Å². The number of nitriles is 1. The van der Waals surface area contributed by atoms with E-state index in [1.54, 1.807) is 19.9 Å². The molecule has 2 N–H and O–H groups in total. The minimum atomic E-state index is -1.86. The summed E-state index contributed by atoms with van der Waals surface area (Å²) in [4.78, 5) is 22.7. The topological polar surface area (TPSA) is 98.4 Å². The van der Waals surface area contributed by atoms with Gasteiger partial charge in [0, 0.05) is 0 Å². The third kappa shape index (κ3) is 3.22. The molecule has 0 aliphatic heterocycles. The number of hydrogen-bond acceptors (Lipinski definition) is 3. The molecule has 0 saturated heterocycles. The predicted octanol–water partition coefficient (Wildman–Crippen LogP) is 2.37. The van der Waals surface area contributed by atoms with Gasteiger partial charge in [0.25, 0.3) is 0 Å². The van der Waals surface area contributed by atoms with Crippen molar-refractivity contribution < 1.29 is 19.8 Å². The first kappa shape index (κ1) is 16.4. The van der Waals surface area contributed by atoms with E-state index in [2.05, 4.69) is 0 Å². The van der Waals surface area contributed by atoms with Crippen LogP contribution in [0.3, 0.4) is 0 Å². The molecular weight excluding hydrogens is 234 g/mol. The second-order valence-corrected chi connectivity index (χ2v) is 5.30. The fraction of sp³-hybridized carbons (Fsp3) is 0.769. The van der Waals surface area contributed by atoms with Crippen LogP contribution in [0.5, 0.6) is 0 Å². The summed E-state index contributed by atoms with van der Waals surface area (Å²) in [6, 6.07) is 1.74. The Balaban J connectivity index is 5.45. The van der Waals surface area contributed by atoms with Gasteiger partial charge in [-0.1, -0.05) is 34.1 Å². The summed E-state index contributed by atoms with van der Waals surface area (Å²) in [5.41, 5.74) is -1.86. The van der Waals surface area contributed by atoms with Crippen molar-refractivity contribution in [2.75, 3.05) is 0 Å². The average Bonchev–Trinajstić information content (AvgIpc) is 2.22. The van der Waals surface area contributed by atoms with E-state index in [4.69, 9.17) is 0 Å². The largest absolute Gasteiger partial charge is 0.481 e. The van der Waals surface area contributed by atoms with Crippen molar-refractivity contribution in [3.05, 3.63) is 0 Å². The minimum Gasteiger partial charge on any atom is -0.481 e. The van der Waals surface area contributed by atoms with E-state index in [1.165, 1.54) is 0 Å². The molecule has 0 rings (SSSR count). The number of carboxylic acid groups (broad SMARTS) is 2. The summed E-state index contributed by atoms with van der Waals surface area (Å²) in [5.74, 6) is -4.04. The van der Waals surface area contributed by atoms with Crippen molar-refractivity contribution in [1.29, 1.82) is 5.26 Å². The van der Waals surface area contributed by atoms with Gasteiger partial charge in [0.1, 0.15) is 0 Å². The van der Waals surface area contributed by atoms with Crippen LogP contribution in [0.15, 0.2) is 0 Å². The molecule has 2 unspecified atom stereocenters. The highest BCUT2D eigenvalue weighted by Crippen LogP contribution is 2.39. The molecule has 0 radical (unpaired) electrons. The Morgan fingerprint density at radius 3 is 1.89 bits per heavy atom. The number of rotatable bonds is 7. The van der Waals surface area contributed by atoms with Gasteiger partial charge >= 0.3 is 11.9 Å². The van der Waals surface area contributed by atoms with Gasteiger partial charge in [-0.15, -0.1) is 0 Å². The summed E-state index contributed by atoms with van der Waals surface area (Å²) in [6.07, 6.45) is 0.783. The second kappa shape index (κ2) is 6.39. The standard InChI is InChI=1S/C13H21NO4/c1-8(2)5-6-10(11(15)16)13(7-14,9(3)4)12(17)18/h8-10H,5-6H2,1-4H3,(H,15,16)(H,17,18). The number of carboxylic acids is 2. The van der Waals surface area contributed by atoms with Crippen LogP contribution in [0.4, 0.5) is 0 Å². The van der Waals surface area contributed by atoms with Gasteiger partial charge in [-0.05, 0) is 18.3 Å². The van der Waals surface area contributed by atoms with Crippen molar-refractivity contribution in [3.63, 3.8) is 0 Å². The zero-order valence-electron chi connectivity index (χ0n) is 11.3. The van der Waals surface area contributed by atoms with Crippen LogP contribution in [0.25, 0.3) is 0 Å². The third-order valence-corrected chi connectivity index (χ3v) is 3.33. The monoisotopic (exact) mass is 255 g/mol. The normalized spacial score (nSPS) is 16.1. The molecule has 0 aliphatic carbocycles. The van der Waals surface area contributed by atoms with E-state index < -0.39 is 29.2 Å². The van der Waals surface area contributed by atoms with E-state index in [0.717, 1.165) is 0 Å². The SMILES string of the molecule is CC(C)CCC(C(=O)O)C(C#N)(C(=O)O)C(C)C. The molecule has 0 fully saturated rings. The molecule has 0 heterocycles. The van der Waals surface area contributed by atoms with Crippen LogP contribution >= 0.6 is 0 Å². The fourth-order valence-corrected chi connectivity index (χ4v) is 2.10. The molecule has 0 saturated carbocycles. The van der Waals surface area contributed by atoms with Crippen molar-refractivity contribution in [1.82, 2.24) is 0 Å². The maximum Gasteiger partial charge on any atom is 0.325 e. The van der Waals surface area contributed by atoms with Gasteiger partial charge in [0.15, 0.2) is 5.41 Å². The maximum atomic E-state index is 11.4. The molecule has 0 aliphatic rings. The van der Waals surface area contributed by atoms with E-state index in [0.29, 0.717) is 6.42 Å². The lowest BCUT2D eigenvalue weighted by Crippen LogP contribution is -2.45. The highest BCUT2D eigenvalue weighted by Gasteiger charge is 2.52. The van der Waals surface area contributed by atoms with Gasteiger partial charge in [0.2, 0.25) is 0 Å². The molecule has 0 aromatic heterocycles. The summed E-state index contributed by atoms with van der Waals surface area (Å²) in [6.45, 7) is 7.01. The predicted molar refractivity (Wildman–Crippen MR) is 65.7 cm³/mol. The smallest absolute Gasteiger partial charge is 0.325 e. The zero-order chi connectivity index (χ0) is 14.5. The van der Waals surface area contributed by atoms with Gasteiger partial charge in [-0.3, -0.25) is 9.59 Å². The molecule has 0 aromatic rings. The highest BCUT2D eigenvalue weighted by molar-refractivity contribution is 5.86. The van der Waals surface area contributed by atoms with Crippen molar-refractivity contribution in [3.8, 4) is 6.07 Å². The molecule has 0 bridgehead atoms. The molecule has 18 heavy (non-hydrogen) atoms. The molecular formula is C13H21NO4. The third-order valence-electron chi connectivity index (χ3n) is 3.33. The highest BCUT2D eigenvalue weighted by atomic mass is 16.4. The Bertz CT molecular complexity index is 356. The Morgan fingerprint density at radius 2 is 1.67 bits per heavy atom. The molecule has 2 atom stereocenters. The molecule has 0 spiro atoms. The maximum absolute atomic E-state index is 11.4. The Morgan fingerprint density at radius 1 is 1.17 bits per heavy atom. The van der Waals surface area contributed by atoms with Crippen molar-refractivity contribution in [2.45, 2.75) is 40.5 Å². The quantitative estimate of drug-likeness (QED) is 0.727. The number of aliphatic carboxylic acids is 2. The first-order chi connectivity index (χ1) is 8.20.